The van der Waals surface area contributed by atoms with Crippen molar-refractivity contribution in [2.45, 2.75) is 44.0 Å². The minimum Gasteiger partial charge on any atom is -0.385 e. The van der Waals surface area contributed by atoms with Crippen molar-refractivity contribution < 1.29 is 13.2 Å². The van der Waals surface area contributed by atoms with E-state index in [-0.39, 0.29) is 0 Å². The molecular formula is C19H31N3O3S. The third-order valence-corrected chi connectivity index (χ3v) is 6.13. The second kappa shape index (κ2) is 9.37. The van der Waals surface area contributed by atoms with Crippen LogP contribution in [0.3, 0.4) is 0 Å². The Labute approximate surface area is 157 Å². The zero-order chi connectivity index (χ0) is 19.0. The van der Waals surface area contributed by atoms with Gasteiger partial charge in [-0.3, -0.25) is 0 Å². The summed E-state index contributed by atoms with van der Waals surface area (Å²) in [5.41, 5.74) is 1.30. The van der Waals surface area contributed by atoms with Gasteiger partial charge in [0.15, 0.2) is 15.8 Å². The smallest absolute Gasteiger partial charge is 0.191 e. The summed E-state index contributed by atoms with van der Waals surface area (Å²) in [5, 5.41) is 6.74. The highest BCUT2D eigenvalue weighted by atomic mass is 32.2. The molecule has 0 heterocycles. The summed E-state index contributed by atoms with van der Waals surface area (Å²) < 4.78 is 28.3. The van der Waals surface area contributed by atoms with Gasteiger partial charge in [-0.15, -0.1) is 0 Å². The maximum absolute atomic E-state index is 11.5. The summed E-state index contributed by atoms with van der Waals surface area (Å²) in [7, 11) is -1.41. The molecule has 26 heavy (non-hydrogen) atoms. The Morgan fingerprint density at radius 2 is 1.92 bits per heavy atom. The van der Waals surface area contributed by atoms with Crippen LogP contribution in [0.2, 0.25) is 0 Å². The van der Waals surface area contributed by atoms with Gasteiger partial charge in [0.25, 0.3) is 0 Å². The molecule has 0 aliphatic heterocycles. The van der Waals surface area contributed by atoms with E-state index in [1.807, 2.05) is 19.1 Å². The first kappa shape index (κ1) is 20.7. The van der Waals surface area contributed by atoms with E-state index >= 15 is 0 Å². The Balaban J connectivity index is 1.95. The van der Waals surface area contributed by atoms with Crippen LogP contribution in [0, 0.1) is 5.41 Å². The number of guanidine groups is 1. The van der Waals surface area contributed by atoms with Crippen LogP contribution in [0.25, 0.3) is 0 Å². The van der Waals surface area contributed by atoms with Gasteiger partial charge in [-0.1, -0.05) is 18.6 Å². The van der Waals surface area contributed by atoms with Crippen LogP contribution in [0.5, 0.6) is 0 Å². The predicted molar refractivity (Wildman–Crippen MR) is 105 cm³/mol. The van der Waals surface area contributed by atoms with Crippen molar-refractivity contribution >= 4 is 15.8 Å². The molecule has 1 fully saturated rings. The van der Waals surface area contributed by atoms with E-state index in [0.29, 0.717) is 16.9 Å². The van der Waals surface area contributed by atoms with Crippen LogP contribution in [-0.4, -0.2) is 47.4 Å². The molecular weight excluding hydrogens is 350 g/mol. The van der Waals surface area contributed by atoms with Gasteiger partial charge in [0.1, 0.15) is 0 Å². The van der Waals surface area contributed by atoms with Gasteiger partial charge < -0.3 is 15.4 Å². The van der Waals surface area contributed by atoms with E-state index in [9.17, 15) is 8.42 Å². The molecule has 2 N–H and O–H groups in total. The Hall–Kier alpha value is -1.60. The Morgan fingerprint density at radius 1 is 1.23 bits per heavy atom. The third-order valence-electron chi connectivity index (χ3n) is 5.00. The molecule has 0 atom stereocenters. The molecule has 1 aliphatic carbocycles. The average molecular weight is 382 g/mol. The number of nitrogens with zero attached hydrogens (tertiary/aromatic N) is 1. The van der Waals surface area contributed by atoms with Crippen LogP contribution in [0.4, 0.5) is 0 Å². The summed E-state index contributed by atoms with van der Waals surface area (Å²) >= 11 is 0. The first-order chi connectivity index (χ1) is 12.4. The lowest BCUT2D eigenvalue weighted by molar-refractivity contribution is 0.0732. The van der Waals surface area contributed by atoms with E-state index in [2.05, 4.69) is 15.6 Å². The molecule has 0 bridgehead atoms. The van der Waals surface area contributed by atoms with E-state index in [1.54, 1.807) is 19.2 Å². The first-order valence-electron chi connectivity index (χ1n) is 9.19. The molecule has 0 aromatic heterocycles. The fraction of sp³-hybridized carbons (Fsp3) is 0.632. The largest absolute Gasteiger partial charge is 0.385 e. The van der Waals surface area contributed by atoms with Crippen LogP contribution in [0.15, 0.2) is 34.2 Å². The van der Waals surface area contributed by atoms with Crippen LogP contribution in [-0.2, 0) is 21.1 Å². The lowest BCUT2D eigenvalue weighted by atomic mass is 9.67. The quantitative estimate of drug-likeness (QED) is 0.507. The van der Waals surface area contributed by atoms with Gasteiger partial charge in [0.05, 0.1) is 11.4 Å². The molecule has 1 aliphatic rings. The summed E-state index contributed by atoms with van der Waals surface area (Å²) in [6.45, 7) is 5.04. The highest BCUT2D eigenvalue weighted by molar-refractivity contribution is 7.90. The highest BCUT2D eigenvalue weighted by Gasteiger charge is 2.36. The molecule has 0 unspecified atom stereocenters. The summed E-state index contributed by atoms with van der Waals surface area (Å²) in [6, 6.07) is 6.90. The van der Waals surface area contributed by atoms with Gasteiger partial charge in [-0.25, -0.2) is 13.4 Å². The number of sulfone groups is 1. The number of nitrogens with one attached hydrogen (secondary N) is 2. The minimum absolute atomic E-state index is 0.323. The predicted octanol–water partition coefficient (Wildman–Crippen LogP) is 2.35. The van der Waals surface area contributed by atoms with E-state index in [4.69, 9.17) is 4.74 Å². The summed E-state index contributed by atoms with van der Waals surface area (Å²) in [6.07, 6.45) is 6.03. The van der Waals surface area contributed by atoms with Crippen molar-refractivity contribution in [1.29, 1.82) is 0 Å². The van der Waals surface area contributed by atoms with E-state index < -0.39 is 9.84 Å². The van der Waals surface area contributed by atoms with Crippen LogP contribution < -0.4 is 10.6 Å². The SMILES string of the molecule is CCNC(=NCc1ccc(S(C)(=O)=O)cc1)NCC1(CCOC)CCC1. The fourth-order valence-electron chi connectivity index (χ4n) is 3.14. The highest BCUT2D eigenvalue weighted by Crippen LogP contribution is 2.43. The Kier molecular flexibility index (Phi) is 7.46. The minimum atomic E-state index is -3.16. The van der Waals surface area contributed by atoms with Gasteiger partial charge in [0.2, 0.25) is 0 Å². The number of hydrogen-bond acceptors (Lipinski definition) is 4. The normalized spacial score (nSPS) is 16.8. The monoisotopic (exact) mass is 381 g/mol. The first-order valence-corrected chi connectivity index (χ1v) is 11.1. The van der Waals surface area contributed by atoms with Crippen molar-refractivity contribution in [3.8, 4) is 0 Å². The van der Waals surface area contributed by atoms with Crippen molar-refractivity contribution in [3.05, 3.63) is 29.8 Å². The van der Waals surface area contributed by atoms with E-state index in [0.717, 1.165) is 37.6 Å². The Bertz CT molecular complexity index is 695. The molecule has 0 spiro atoms. The molecule has 146 valence electrons. The zero-order valence-corrected chi connectivity index (χ0v) is 16.9. The molecule has 2 rings (SSSR count). The molecule has 1 aromatic rings. The topological polar surface area (TPSA) is 79.8 Å². The number of ether oxygens (including phenoxy) is 1. The van der Waals surface area contributed by atoms with Gasteiger partial charge >= 0.3 is 0 Å². The van der Waals surface area contributed by atoms with Crippen LogP contribution in [0.1, 0.15) is 38.2 Å². The van der Waals surface area contributed by atoms with Gasteiger partial charge in [0, 0.05) is 33.1 Å². The van der Waals surface area contributed by atoms with Gasteiger partial charge in [-0.2, -0.15) is 0 Å². The second-order valence-electron chi connectivity index (χ2n) is 7.06. The van der Waals surface area contributed by atoms with Crippen molar-refractivity contribution in [3.63, 3.8) is 0 Å². The average Bonchev–Trinajstić information content (AvgIpc) is 2.58. The third kappa shape index (κ3) is 5.99. The number of rotatable bonds is 9. The lowest BCUT2D eigenvalue weighted by Gasteiger charge is -2.42. The molecule has 7 heteroatoms. The standard InChI is InChI=1S/C19H31N3O3S/c1-4-20-18(22-15-19(10-5-11-19)12-13-25-2)21-14-16-6-8-17(9-7-16)26(3,23)24/h6-9H,4-5,10-15H2,1-3H3,(H2,20,21,22). The fourth-order valence-corrected chi connectivity index (χ4v) is 3.77. The molecule has 1 saturated carbocycles. The number of hydrogen-bond donors (Lipinski definition) is 2. The zero-order valence-electron chi connectivity index (χ0n) is 16.0. The molecule has 0 saturated heterocycles. The molecule has 1 aromatic carbocycles. The van der Waals surface area contributed by atoms with Crippen LogP contribution >= 0.6 is 0 Å². The maximum atomic E-state index is 11.5. The van der Waals surface area contributed by atoms with Crippen molar-refractivity contribution in [1.82, 2.24) is 10.6 Å². The summed E-state index contributed by atoms with van der Waals surface area (Å²) in [5.74, 6) is 0.795. The summed E-state index contributed by atoms with van der Waals surface area (Å²) in [4.78, 5) is 4.96. The van der Waals surface area contributed by atoms with Gasteiger partial charge in [-0.05, 0) is 49.3 Å². The molecule has 0 amide bonds. The molecule has 6 nitrogen and oxygen atoms in total. The molecule has 0 radical (unpaired) electrons. The number of aliphatic imine (C=N–C) groups is 1. The Morgan fingerprint density at radius 3 is 2.42 bits per heavy atom. The van der Waals surface area contributed by atoms with E-state index in [1.165, 1.54) is 25.5 Å². The number of benzene rings is 1. The second-order valence-corrected chi connectivity index (χ2v) is 9.08. The van der Waals surface area contributed by atoms with Crippen molar-refractivity contribution in [2.75, 3.05) is 33.1 Å². The number of methoxy groups -OCH3 is 1. The lowest BCUT2D eigenvalue weighted by Crippen LogP contribution is -2.46. The van der Waals surface area contributed by atoms with Crippen molar-refractivity contribution in [2.24, 2.45) is 10.4 Å². The maximum Gasteiger partial charge on any atom is 0.191 e.